The molecule has 0 aliphatic carbocycles. The monoisotopic (exact) mass is 344 g/mol. The first-order valence-electron chi connectivity index (χ1n) is 5.33. The van der Waals surface area contributed by atoms with Crippen LogP contribution in [0.3, 0.4) is 0 Å². The van der Waals surface area contributed by atoms with E-state index in [4.69, 9.17) is 22.7 Å². The minimum atomic E-state index is -4.48. The lowest BCUT2D eigenvalue weighted by atomic mass is 10.1. The maximum atomic E-state index is 12.6. The maximum absolute atomic E-state index is 12.6. The van der Waals surface area contributed by atoms with Crippen LogP contribution in [-0.4, -0.2) is 23.9 Å². The molecule has 0 saturated heterocycles. The number of primary amides is 1. The van der Waals surface area contributed by atoms with Gasteiger partial charge in [-0.3, -0.25) is 10.7 Å². The SMILES string of the molecule is CN(Cc1cc(C(F)(F)F)ccc1Cl)C(=N)NC(N)=O.Cl. The Labute approximate surface area is 130 Å². The molecular formula is C11H13Cl2F3N4O. The highest BCUT2D eigenvalue weighted by molar-refractivity contribution is 6.31. The molecule has 4 N–H and O–H groups in total. The average molecular weight is 345 g/mol. The van der Waals surface area contributed by atoms with Crippen molar-refractivity contribution in [3.8, 4) is 0 Å². The van der Waals surface area contributed by atoms with Crippen LogP contribution in [0.2, 0.25) is 5.02 Å². The second-order valence-corrected chi connectivity index (χ2v) is 4.41. The number of benzene rings is 1. The summed E-state index contributed by atoms with van der Waals surface area (Å²) in [6, 6.07) is 1.98. The molecule has 2 amide bonds. The summed E-state index contributed by atoms with van der Waals surface area (Å²) in [5, 5.41) is 9.62. The van der Waals surface area contributed by atoms with Crippen molar-refractivity contribution in [3.05, 3.63) is 34.3 Å². The van der Waals surface area contributed by atoms with Crippen LogP contribution in [0, 0.1) is 5.41 Å². The predicted octanol–water partition coefficient (Wildman–Crippen LogP) is 2.82. The molecule has 0 aromatic heterocycles. The molecule has 0 fully saturated rings. The van der Waals surface area contributed by atoms with Crippen molar-refractivity contribution >= 4 is 36.0 Å². The van der Waals surface area contributed by atoms with Crippen LogP contribution >= 0.6 is 24.0 Å². The van der Waals surface area contributed by atoms with Crippen LogP contribution in [-0.2, 0) is 12.7 Å². The molecule has 10 heteroatoms. The number of carbonyl (C=O) groups excluding carboxylic acids is 1. The molecule has 1 aromatic carbocycles. The zero-order chi connectivity index (χ0) is 15.5. The molecule has 0 saturated carbocycles. The molecule has 0 unspecified atom stereocenters. The van der Waals surface area contributed by atoms with Crippen molar-refractivity contribution < 1.29 is 18.0 Å². The zero-order valence-corrected chi connectivity index (χ0v) is 12.4. The van der Waals surface area contributed by atoms with Gasteiger partial charge in [0.1, 0.15) is 0 Å². The number of nitrogens with one attached hydrogen (secondary N) is 2. The first-order chi connectivity index (χ1) is 9.11. The van der Waals surface area contributed by atoms with E-state index < -0.39 is 17.8 Å². The van der Waals surface area contributed by atoms with Crippen LogP contribution in [0.5, 0.6) is 0 Å². The van der Waals surface area contributed by atoms with Crippen molar-refractivity contribution in [1.82, 2.24) is 10.2 Å². The number of guanidine groups is 1. The number of rotatable bonds is 2. The number of hydrogen-bond donors (Lipinski definition) is 3. The van der Waals surface area contributed by atoms with Gasteiger partial charge in [0.25, 0.3) is 0 Å². The molecule has 0 aliphatic rings. The summed E-state index contributed by atoms with van der Waals surface area (Å²) in [6.07, 6.45) is -4.48. The van der Waals surface area contributed by atoms with Crippen LogP contribution in [0.4, 0.5) is 18.0 Å². The van der Waals surface area contributed by atoms with Gasteiger partial charge in [0.2, 0.25) is 0 Å². The Hall–Kier alpha value is -1.67. The van der Waals surface area contributed by atoms with Gasteiger partial charge in [-0.25, -0.2) is 4.79 Å². The Morgan fingerprint density at radius 3 is 2.52 bits per heavy atom. The highest BCUT2D eigenvalue weighted by Crippen LogP contribution is 2.32. The van der Waals surface area contributed by atoms with E-state index in [0.717, 1.165) is 18.2 Å². The molecule has 0 aliphatic heterocycles. The van der Waals surface area contributed by atoms with Gasteiger partial charge >= 0.3 is 12.2 Å². The zero-order valence-electron chi connectivity index (χ0n) is 10.8. The van der Waals surface area contributed by atoms with Crippen LogP contribution in [0.1, 0.15) is 11.1 Å². The summed E-state index contributed by atoms with van der Waals surface area (Å²) in [6.45, 7) is -0.0815. The fourth-order valence-electron chi connectivity index (χ4n) is 1.42. The molecule has 0 atom stereocenters. The molecular weight excluding hydrogens is 332 g/mol. The average Bonchev–Trinajstić information content (AvgIpc) is 2.29. The van der Waals surface area contributed by atoms with E-state index in [1.807, 2.05) is 5.32 Å². The molecule has 0 spiro atoms. The summed E-state index contributed by atoms with van der Waals surface area (Å²) in [5.74, 6) is -0.342. The summed E-state index contributed by atoms with van der Waals surface area (Å²) in [4.78, 5) is 11.8. The third-order valence-corrected chi connectivity index (χ3v) is 2.77. The predicted molar refractivity (Wildman–Crippen MR) is 75.6 cm³/mol. The lowest BCUT2D eigenvalue weighted by molar-refractivity contribution is -0.137. The quantitative estimate of drug-likeness (QED) is 0.569. The smallest absolute Gasteiger partial charge is 0.351 e. The summed E-state index contributed by atoms with van der Waals surface area (Å²) in [7, 11) is 1.41. The Morgan fingerprint density at radius 2 is 2.05 bits per heavy atom. The number of amides is 2. The van der Waals surface area contributed by atoms with Gasteiger partial charge in [0.15, 0.2) is 5.96 Å². The van der Waals surface area contributed by atoms with E-state index >= 15 is 0 Å². The standard InChI is InChI=1S/C11H12ClF3N4O.ClH/c1-19(9(16)18-10(17)20)5-6-4-7(11(13,14)15)2-3-8(6)12;/h2-4H,5H2,1H3,(H4,16,17,18,20);1H. The molecule has 1 aromatic rings. The molecule has 0 heterocycles. The van der Waals surface area contributed by atoms with Gasteiger partial charge in [0, 0.05) is 18.6 Å². The van der Waals surface area contributed by atoms with Crippen molar-refractivity contribution in [2.75, 3.05) is 7.05 Å². The number of urea groups is 1. The van der Waals surface area contributed by atoms with E-state index in [-0.39, 0.29) is 35.5 Å². The van der Waals surface area contributed by atoms with E-state index in [1.54, 1.807) is 0 Å². The van der Waals surface area contributed by atoms with Gasteiger partial charge in [-0.2, -0.15) is 13.2 Å². The molecule has 118 valence electrons. The summed E-state index contributed by atoms with van der Waals surface area (Å²) in [5.41, 5.74) is 4.19. The van der Waals surface area contributed by atoms with Crippen LogP contribution in [0.15, 0.2) is 18.2 Å². The van der Waals surface area contributed by atoms with E-state index in [1.165, 1.54) is 11.9 Å². The molecule has 1 rings (SSSR count). The molecule has 5 nitrogen and oxygen atoms in total. The Balaban J connectivity index is 0.00000400. The first-order valence-corrected chi connectivity index (χ1v) is 5.71. The van der Waals surface area contributed by atoms with Gasteiger partial charge in [-0.15, -0.1) is 12.4 Å². The minimum absolute atomic E-state index is 0. The lowest BCUT2D eigenvalue weighted by Gasteiger charge is -2.20. The van der Waals surface area contributed by atoms with E-state index in [9.17, 15) is 18.0 Å². The fourth-order valence-corrected chi connectivity index (χ4v) is 1.60. The minimum Gasteiger partial charge on any atom is -0.351 e. The summed E-state index contributed by atoms with van der Waals surface area (Å²) >= 11 is 5.82. The second kappa shape index (κ2) is 7.37. The number of nitrogens with zero attached hydrogens (tertiary/aromatic N) is 1. The van der Waals surface area contributed by atoms with Gasteiger partial charge in [-0.1, -0.05) is 11.6 Å². The van der Waals surface area contributed by atoms with Crippen LogP contribution < -0.4 is 11.1 Å². The molecule has 21 heavy (non-hydrogen) atoms. The normalized spacial score (nSPS) is 10.5. The van der Waals surface area contributed by atoms with Crippen molar-refractivity contribution in [1.29, 1.82) is 5.41 Å². The second-order valence-electron chi connectivity index (χ2n) is 4.00. The van der Waals surface area contributed by atoms with Crippen LogP contribution in [0.25, 0.3) is 0 Å². The van der Waals surface area contributed by atoms with Crippen molar-refractivity contribution in [3.63, 3.8) is 0 Å². The lowest BCUT2D eigenvalue weighted by Crippen LogP contribution is -2.43. The Kier molecular flexibility index (Phi) is 6.78. The fraction of sp³-hybridized carbons (Fsp3) is 0.273. The third-order valence-electron chi connectivity index (χ3n) is 2.40. The van der Waals surface area contributed by atoms with Crippen molar-refractivity contribution in [2.24, 2.45) is 5.73 Å². The molecule has 0 radical (unpaired) electrons. The topological polar surface area (TPSA) is 82.2 Å². The Bertz CT molecular complexity index is 537. The van der Waals surface area contributed by atoms with E-state index in [2.05, 4.69) is 0 Å². The number of hydrogen-bond acceptors (Lipinski definition) is 2. The summed E-state index contributed by atoms with van der Waals surface area (Å²) < 4.78 is 37.8. The number of alkyl halides is 3. The van der Waals surface area contributed by atoms with Gasteiger partial charge in [0.05, 0.1) is 5.56 Å². The Morgan fingerprint density at radius 1 is 1.48 bits per heavy atom. The largest absolute Gasteiger partial charge is 0.416 e. The highest BCUT2D eigenvalue weighted by atomic mass is 35.5. The first kappa shape index (κ1) is 19.3. The number of nitrogens with two attached hydrogens (primary N) is 1. The number of halogens is 5. The van der Waals surface area contributed by atoms with Gasteiger partial charge < -0.3 is 10.6 Å². The third kappa shape index (κ3) is 5.68. The van der Waals surface area contributed by atoms with Gasteiger partial charge in [-0.05, 0) is 23.8 Å². The molecule has 0 bridgehead atoms. The van der Waals surface area contributed by atoms with E-state index in [0.29, 0.717) is 0 Å². The number of carbonyl (C=O) groups is 1. The van der Waals surface area contributed by atoms with Crippen molar-refractivity contribution in [2.45, 2.75) is 12.7 Å². The highest BCUT2D eigenvalue weighted by Gasteiger charge is 2.31. The maximum Gasteiger partial charge on any atom is 0.416 e.